The van der Waals surface area contributed by atoms with Crippen molar-refractivity contribution >= 4 is 33.9 Å². The SMILES string of the molecule is N#Cc1cnc2c(Cl)cc(N[C@H](C3=CN(C4CC4)NN3)c3ccc(F)cc3)cc2c1N[C@H](CCN1CCCC1)c1ccccc1. The Labute approximate surface area is 267 Å². The monoisotopic (exact) mass is 622 g/mol. The van der Waals surface area contributed by atoms with Crippen LogP contribution in [0.3, 0.4) is 0 Å². The molecule has 1 saturated carbocycles. The normalized spacial score (nSPS) is 17.9. The Morgan fingerprint density at radius 3 is 2.53 bits per heavy atom. The zero-order chi connectivity index (χ0) is 30.8. The molecular weight excluding hydrogens is 587 g/mol. The number of hydrogen-bond donors (Lipinski definition) is 4. The van der Waals surface area contributed by atoms with Crippen LogP contribution in [0.1, 0.15) is 60.9 Å². The number of fused-ring (bicyclic) bond motifs is 1. The molecule has 0 bridgehead atoms. The van der Waals surface area contributed by atoms with Crippen molar-refractivity contribution in [3.05, 3.63) is 112 Å². The van der Waals surface area contributed by atoms with Crippen molar-refractivity contribution in [2.45, 2.75) is 50.2 Å². The summed E-state index contributed by atoms with van der Waals surface area (Å²) in [6, 6.07) is 23.2. The van der Waals surface area contributed by atoms with Crippen molar-refractivity contribution in [3.8, 4) is 6.07 Å². The lowest BCUT2D eigenvalue weighted by Crippen LogP contribution is -2.38. The molecule has 45 heavy (non-hydrogen) atoms. The predicted molar refractivity (Wildman–Crippen MR) is 177 cm³/mol. The molecule has 3 heterocycles. The number of nitrogens with one attached hydrogen (secondary N) is 4. The third-order valence-electron chi connectivity index (χ3n) is 8.87. The number of benzene rings is 3. The van der Waals surface area contributed by atoms with E-state index in [0.717, 1.165) is 66.8 Å². The van der Waals surface area contributed by atoms with Crippen LogP contribution in [0, 0.1) is 17.1 Å². The molecule has 3 aliphatic rings. The second kappa shape index (κ2) is 12.9. The minimum atomic E-state index is -0.323. The highest BCUT2D eigenvalue weighted by atomic mass is 35.5. The highest BCUT2D eigenvalue weighted by molar-refractivity contribution is 6.35. The molecule has 1 aromatic heterocycles. The molecule has 0 spiro atoms. The Bertz CT molecular complexity index is 1730. The van der Waals surface area contributed by atoms with Gasteiger partial charge in [0.15, 0.2) is 0 Å². The summed E-state index contributed by atoms with van der Waals surface area (Å²) in [5.41, 5.74) is 12.0. The summed E-state index contributed by atoms with van der Waals surface area (Å²) in [6.07, 6.45) is 9.31. The van der Waals surface area contributed by atoms with Gasteiger partial charge >= 0.3 is 0 Å². The fourth-order valence-corrected chi connectivity index (χ4v) is 6.55. The number of halogens is 2. The second-order valence-corrected chi connectivity index (χ2v) is 12.5. The fourth-order valence-electron chi connectivity index (χ4n) is 6.28. The van der Waals surface area contributed by atoms with Crippen LogP contribution in [-0.4, -0.2) is 40.6 Å². The molecular formula is C35H36ClFN8. The summed E-state index contributed by atoms with van der Waals surface area (Å²) < 4.78 is 13.9. The second-order valence-electron chi connectivity index (χ2n) is 12.0. The molecule has 230 valence electrons. The van der Waals surface area contributed by atoms with Gasteiger partial charge < -0.3 is 21.0 Å². The van der Waals surface area contributed by atoms with E-state index >= 15 is 0 Å². The van der Waals surface area contributed by atoms with Crippen LogP contribution in [0.4, 0.5) is 15.8 Å². The summed E-state index contributed by atoms with van der Waals surface area (Å²) in [5, 5.41) is 20.9. The van der Waals surface area contributed by atoms with Gasteiger partial charge in [0.25, 0.3) is 0 Å². The third kappa shape index (κ3) is 6.54. The zero-order valence-electron chi connectivity index (χ0n) is 24.9. The van der Waals surface area contributed by atoms with Gasteiger partial charge in [0.1, 0.15) is 11.9 Å². The lowest BCUT2D eigenvalue weighted by Gasteiger charge is -2.25. The molecule has 8 nitrogen and oxygen atoms in total. The standard InChI is InChI=1S/C35H36ClFN8/c36-30-19-27(40-34(24-8-10-26(37)11-9-24)32-22-45(43-42-32)28-12-13-28)18-29-33(25(20-38)21-39-35(29)30)41-31(23-6-2-1-3-7-23)14-17-44-15-4-5-16-44/h1-3,6-11,18-19,21-22,28,31,34,40,42-43H,4-5,12-17H2,(H,39,41)/t31-,34+/m1/s1. The molecule has 0 amide bonds. The van der Waals surface area contributed by atoms with Crippen molar-refractivity contribution in [1.29, 1.82) is 5.26 Å². The Morgan fingerprint density at radius 2 is 1.80 bits per heavy atom. The Balaban J connectivity index is 1.25. The van der Waals surface area contributed by atoms with Crippen LogP contribution >= 0.6 is 11.6 Å². The Hall–Kier alpha value is -4.36. The number of hydrogen-bond acceptors (Lipinski definition) is 8. The average molecular weight is 623 g/mol. The van der Waals surface area contributed by atoms with Gasteiger partial charge in [-0.2, -0.15) is 5.26 Å². The van der Waals surface area contributed by atoms with Crippen LogP contribution in [0.15, 0.2) is 84.8 Å². The van der Waals surface area contributed by atoms with E-state index in [-0.39, 0.29) is 17.9 Å². The van der Waals surface area contributed by atoms with Gasteiger partial charge in [-0.25, -0.2) is 4.39 Å². The number of nitriles is 1. The fraction of sp³-hybridized carbons (Fsp3) is 0.314. The number of likely N-dealkylation sites (tertiary alicyclic amines) is 1. The average Bonchev–Trinajstić information content (AvgIpc) is 3.55. The summed E-state index contributed by atoms with van der Waals surface area (Å²) in [7, 11) is 0. The van der Waals surface area contributed by atoms with E-state index in [1.165, 1.54) is 25.0 Å². The molecule has 2 aliphatic heterocycles. The van der Waals surface area contributed by atoms with Crippen LogP contribution in [0.25, 0.3) is 10.9 Å². The number of nitrogens with zero attached hydrogens (tertiary/aromatic N) is 4. The van der Waals surface area contributed by atoms with Gasteiger partial charge in [-0.1, -0.05) is 54.1 Å². The van der Waals surface area contributed by atoms with E-state index in [2.05, 4.69) is 73.0 Å². The maximum absolute atomic E-state index is 13.9. The van der Waals surface area contributed by atoms with Crippen LogP contribution in [0.2, 0.25) is 5.02 Å². The number of anilines is 2. The van der Waals surface area contributed by atoms with Crippen molar-refractivity contribution in [3.63, 3.8) is 0 Å². The lowest BCUT2D eigenvalue weighted by atomic mass is 10.0. The molecule has 4 N–H and O–H groups in total. The first-order valence-corrected chi connectivity index (χ1v) is 16.0. The van der Waals surface area contributed by atoms with Crippen LogP contribution in [0.5, 0.6) is 0 Å². The van der Waals surface area contributed by atoms with Gasteiger partial charge in [0.05, 0.1) is 39.6 Å². The highest BCUT2D eigenvalue weighted by Gasteiger charge is 2.32. The number of hydrazine groups is 2. The van der Waals surface area contributed by atoms with Crippen molar-refractivity contribution in [2.75, 3.05) is 30.3 Å². The molecule has 3 aromatic carbocycles. The molecule has 2 fully saturated rings. The molecule has 0 radical (unpaired) electrons. The smallest absolute Gasteiger partial charge is 0.123 e. The first-order chi connectivity index (χ1) is 22.1. The van der Waals surface area contributed by atoms with E-state index in [0.29, 0.717) is 27.8 Å². The molecule has 0 unspecified atom stereocenters. The van der Waals surface area contributed by atoms with Gasteiger partial charge in [-0.05, 0) is 80.6 Å². The minimum Gasteiger partial charge on any atom is -0.377 e. The van der Waals surface area contributed by atoms with Gasteiger partial charge in [0, 0.05) is 36.1 Å². The number of aromatic nitrogens is 1. The largest absolute Gasteiger partial charge is 0.377 e. The summed E-state index contributed by atoms with van der Waals surface area (Å²) in [4.78, 5) is 7.10. The van der Waals surface area contributed by atoms with Crippen molar-refractivity contribution < 1.29 is 4.39 Å². The van der Waals surface area contributed by atoms with Crippen molar-refractivity contribution in [1.82, 2.24) is 25.9 Å². The summed E-state index contributed by atoms with van der Waals surface area (Å²) in [6.45, 7) is 3.23. The maximum Gasteiger partial charge on any atom is 0.123 e. The topological polar surface area (TPSA) is 91.3 Å². The van der Waals surface area contributed by atoms with E-state index < -0.39 is 0 Å². The number of rotatable bonds is 11. The molecule has 2 atom stereocenters. The molecule has 1 aliphatic carbocycles. The molecule has 4 aromatic rings. The quantitative estimate of drug-likeness (QED) is 0.142. The van der Waals surface area contributed by atoms with Crippen LogP contribution < -0.4 is 21.6 Å². The zero-order valence-corrected chi connectivity index (χ0v) is 25.7. The van der Waals surface area contributed by atoms with Gasteiger partial charge in [-0.3, -0.25) is 9.99 Å². The predicted octanol–water partition coefficient (Wildman–Crippen LogP) is 7.02. The Kier molecular flexibility index (Phi) is 8.44. The minimum absolute atomic E-state index is 0.0146. The first-order valence-electron chi connectivity index (χ1n) is 15.7. The van der Waals surface area contributed by atoms with E-state index in [1.54, 1.807) is 18.3 Å². The molecule has 7 rings (SSSR count). The van der Waals surface area contributed by atoms with Gasteiger partial charge in [0.2, 0.25) is 0 Å². The lowest BCUT2D eigenvalue weighted by molar-refractivity contribution is 0.260. The molecule has 10 heteroatoms. The first kappa shape index (κ1) is 29.4. The van der Waals surface area contributed by atoms with E-state index in [9.17, 15) is 9.65 Å². The third-order valence-corrected chi connectivity index (χ3v) is 9.16. The van der Waals surface area contributed by atoms with Crippen molar-refractivity contribution in [2.24, 2.45) is 0 Å². The summed E-state index contributed by atoms with van der Waals surface area (Å²) in [5.74, 6) is -0.291. The Morgan fingerprint density at radius 1 is 1.02 bits per heavy atom. The highest BCUT2D eigenvalue weighted by Crippen LogP contribution is 2.38. The van der Waals surface area contributed by atoms with E-state index in [4.69, 9.17) is 11.6 Å². The van der Waals surface area contributed by atoms with Gasteiger partial charge in [-0.15, -0.1) is 5.53 Å². The number of pyridine rings is 1. The maximum atomic E-state index is 13.9. The summed E-state index contributed by atoms with van der Waals surface area (Å²) >= 11 is 6.89. The molecule has 1 saturated heterocycles. The van der Waals surface area contributed by atoms with E-state index in [1.807, 2.05) is 18.2 Å². The van der Waals surface area contributed by atoms with Crippen LogP contribution in [-0.2, 0) is 0 Å².